The highest BCUT2D eigenvalue weighted by atomic mass is 14.7. The Hall–Kier alpha value is -0.590. The molecule has 0 aromatic rings. The van der Waals surface area contributed by atoms with Crippen LogP contribution in [0.1, 0.15) is 32.6 Å². The Balaban J connectivity index is 2.53. The monoisotopic (exact) mass is 123 g/mol. The molecule has 0 radical (unpaired) electrons. The third-order valence-electron chi connectivity index (χ3n) is 1.54. The second-order valence-electron chi connectivity index (χ2n) is 2.29. The molecule has 0 saturated heterocycles. The van der Waals surface area contributed by atoms with Crippen LogP contribution in [0.25, 0.3) is 0 Å². The van der Waals surface area contributed by atoms with E-state index >= 15 is 0 Å². The van der Waals surface area contributed by atoms with Crippen LogP contribution in [0.2, 0.25) is 0 Å². The van der Waals surface area contributed by atoms with Crippen molar-refractivity contribution in [3.63, 3.8) is 0 Å². The molecule has 0 N–H and O–H groups in total. The topological polar surface area (TPSA) is 12.4 Å². The maximum atomic E-state index is 4.28. The molecule has 0 atom stereocenters. The molecule has 1 aliphatic rings. The lowest BCUT2D eigenvalue weighted by atomic mass is 10.2. The molecule has 1 aliphatic heterocycles. The first-order valence-corrected chi connectivity index (χ1v) is 3.65. The Bertz CT molecular complexity index is 134. The van der Waals surface area contributed by atoms with Gasteiger partial charge in [-0.05, 0) is 25.7 Å². The highest BCUT2D eigenvalue weighted by molar-refractivity contribution is 5.59. The van der Waals surface area contributed by atoms with Crippen molar-refractivity contribution in [2.45, 2.75) is 32.6 Å². The fourth-order valence-corrected chi connectivity index (χ4v) is 0.948. The van der Waals surface area contributed by atoms with Gasteiger partial charge in [-0.1, -0.05) is 13.0 Å². The van der Waals surface area contributed by atoms with Crippen molar-refractivity contribution < 1.29 is 0 Å². The van der Waals surface area contributed by atoms with E-state index in [9.17, 15) is 0 Å². The Labute approximate surface area is 56.5 Å². The Morgan fingerprint density at radius 3 is 3.22 bits per heavy atom. The summed E-state index contributed by atoms with van der Waals surface area (Å²) in [6, 6.07) is 0. The Morgan fingerprint density at radius 2 is 2.44 bits per heavy atom. The minimum absolute atomic E-state index is 1.08. The first kappa shape index (κ1) is 6.53. The zero-order chi connectivity index (χ0) is 6.53. The lowest BCUT2D eigenvalue weighted by Gasteiger charge is -1.90. The van der Waals surface area contributed by atoms with Gasteiger partial charge in [-0.3, -0.25) is 4.99 Å². The van der Waals surface area contributed by atoms with E-state index in [1.807, 2.05) is 6.21 Å². The van der Waals surface area contributed by atoms with Crippen LogP contribution >= 0.6 is 0 Å². The smallest absolute Gasteiger partial charge is 0.0357 e. The predicted molar refractivity (Wildman–Crippen MR) is 40.7 cm³/mol. The third kappa shape index (κ3) is 2.00. The fraction of sp³-hybridized carbons (Fsp3) is 0.625. The molecule has 0 spiro atoms. The molecule has 50 valence electrons. The summed E-state index contributed by atoms with van der Waals surface area (Å²) in [5.74, 6) is 0. The molecule has 0 bridgehead atoms. The maximum absolute atomic E-state index is 4.28. The SMILES string of the molecule is CCC1=CCCCC=N1. The molecule has 0 saturated carbocycles. The first-order valence-electron chi connectivity index (χ1n) is 3.65. The number of aliphatic imine (C=N–C) groups is 1. The van der Waals surface area contributed by atoms with Crippen LogP contribution in [0.5, 0.6) is 0 Å². The van der Waals surface area contributed by atoms with Gasteiger partial charge in [0.25, 0.3) is 0 Å². The van der Waals surface area contributed by atoms with Gasteiger partial charge in [-0.25, -0.2) is 0 Å². The van der Waals surface area contributed by atoms with Crippen molar-refractivity contribution in [2.24, 2.45) is 4.99 Å². The molecule has 0 aromatic heterocycles. The third-order valence-corrected chi connectivity index (χ3v) is 1.54. The average Bonchev–Trinajstić information content (AvgIpc) is 2.13. The molecule has 0 unspecified atom stereocenters. The Kier molecular flexibility index (Phi) is 2.49. The van der Waals surface area contributed by atoms with E-state index in [2.05, 4.69) is 18.0 Å². The van der Waals surface area contributed by atoms with Gasteiger partial charge in [-0.15, -0.1) is 0 Å². The van der Waals surface area contributed by atoms with Crippen molar-refractivity contribution in [1.29, 1.82) is 0 Å². The molecular formula is C8H13N. The predicted octanol–water partition coefficient (Wildman–Crippen LogP) is 2.54. The quantitative estimate of drug-likeness (QED) is 0.508. The normalized spacial score (nSPS) is 19.0. The molecule has 0 aromatic carbocycles. The number of allylic oxidation sites excluding steroid dienone is 2. The number of rotatable bonds is 1. The molecule has 0 aliphatic carbocycles. The van der Waals surface area contributed by atoms with Crippen LogP contribution in [0.3, 0.4) is 0 Å². The van der Waals surface area contributed by atoms with Gasteiger partial charge < -0.3 is 0 Å². The summed E-state index contributed by atoms with van der Waals surface area (Å²) < 4.78 is 0. The van der Waals surface area contributed by atoms with Crippen molar-refractivity contribution >= 4 is 6.21 Å². The molecule has 1 heterocycles. The summed E-state index contributed by atoms with van der Waals surface area (Å²) >= 11 is 0. The average molecular weight is 123 g/mol. The standard InChI is InChI=1S/C8H13N/c1-2-8-6-4-3-5-7-9-8/h6-7H,2-5H2,1H3. The Morgan fingerprint density at radius 1 is 1.56 bits per heavy atom. The second kappa shape index (κ2) is 3.44. The van der Waals surface area contributed by atoms with Crippen molar-refractivity contribution in [3.8, 4) is 0 Å². The largest absolute Gasteiger partial charge is 0.266 e. The van der Waals surface area contributed by atoms with E-state index in [1.54, 1.807) is 0 Å². The van der Waals surface area contributed by atoms with Gasteiger partial charge in [0, 0.05) is 11.9 Å². The van der Waals surface area contributed by atoms with E-state index in [0.29, 0.717) is 0 Å². The minimum atomic E-state index is 1.08. The summed E-state index contributed by atoms with van der Waals surface area (Å²) in [5, 5.41) is 0. The molecule has 9 heavy (non-hydrogen) atoms. The van der Waals surface area contributed by atoms with Gasteiger partial charge in [0.05, 0.1) is 0 Å². The molecule has 1 nitrogen and oxygen atoms in total. The summed E-state index contributed by atoms with van der Waals surface area (Å²) in [5.41, 5.74) is 1.26. The van der Waals surface area contributed by atoms with E-state index < -0.39 is 0 Å². The van der Waals surface area contributed by atoms with Crippen LogP contribution in [-0.2, 0) is 0 Å². The molecule has 0 fully saturated rings. The van der Waals surface area contributed by atoms with E-state index in [1.165, 1.54) is 18.5 Å². The van der Waals surface area contributed by atoms with E-state index in [0.717, 1.165) is 12.8 Å². The fourth-order valence-electron chi connectivity index (χ4n) is 0.948. The zero-order valence-corrected chi connectivity index (χ0v) is 5.93. The lowest BCUT2D eigenvalue weighted by molar-refractivity contribution is 0.904. The lowest BCUT2D eigenvalue weighted by Crippen LogP contribution is -1.72. The van der Waals surface area contributed by atoms with Crippen LogP contribution in [0.4, 0.5) is 0 Å². The van der Waals surface area contributed by atoms with Gasteiger partial charge >= 0.3 is 0 Å². The molecular weight excluding hydrogens is 110 g/mol. The minimum Gasteiger partial charge on any atom is -0.266 e. The summed E-state index contributed by atoms with van der Waals surface area (Å²) in [7, 11) is 0. The van der Waals surface area contributed by atoms with E-state index in [-0.39, 0.29) is 0 Å². The van der Waals surface area contributed by atoms with Crippen LogP contribution in [0, 0.1) is 0 Å². The van der Waals surface area contributed by atoms with E-state index in [4.69, 9.17) is 0 Å². The van der Waals surface area contributed by atoms with Crippen molar-refractivity contribution in [3.05, 3.63) is 11.8 Å². The van der Waals surface area contributed by atoms with Crippen LogP contribution in [-0.4, -0.2) is 6.21 Å². The van der Waals surface area contributed by atoms with Gasteiger partial charge in [-0.2, -0.15) is 0 Å². The van der Waals surface area contributed by atoms with Gasteiger partial charge in [0.15, 0.2) is 0 Å². The zero-order valence-electron chi connectivity index (χ0n) is 5.93. The second-order valence-corrected chi connectivity index (χ2v) is 2.29. The van der Waals surface area contributed by atoms with Gasteiger partial charge in [0.1, 0.15) is 0 Å². The number of hydrogen-bond acceptors (Lipinski definition) is 1. The molecule has 0 amide bonds. The van der Waals surface area contributed by atoms with Crippen molar-refractivity contribution in [2.75, 3.05) is 0 Å². The molecule has 1 rings (SSSR count). The highest BCUT2D eigenvalue weighted by Gasteiger charge is 1.92. The van der Waals surface area contributed by atoms with Crippen molar-refractivity contribution in [1.82, 2.24) is 0 Å². The molecule has 1 heteroatoms. The summed E-state index contributed by atoms with van der Waals surface area (Å²) in [6.45, 7) is 2.15. The van der Waals surface area contributed by atoms with Crippen LogP contribution in [0.15, 0.2) is 16.8 Å². The summed E-state index contributed by atoms with van der Waals surface area (Å²) in [4.78, 5) is 4.28. The first-order chi connectivity index (χ1) is 4.43. The van der Waals surface area contributed by atoms with Gasteiger partial charge in [0.2, 0.25) is 0 Å². The summed E-state index contributed by atoms with van der Waals surface area (Å²) in [6.07, 6.45) is 8.98. The maximum Gasteiger partial charge on any atom is 0.0357 e. The highest BCUT2D eigenvalue weighted by Crippen LogP contribution is 2.09. The van der Waals surface area contributed by atoms with Crippen LogP contribution < -0.4 is 0 Å². The number of hydrogen-bond donors (Lipinski definition) is 0. The number of nitrogens with zero attached hydrogens (tertiary/aromatic N) is 1.